The van der Waals surface area contributed by atoms with Crippen molar-refractivity contribution in [3.05, 3.63) is 212 Å². The number of benzene rings is 5. The Morgan fingerprint density at radius 3 is 1.61 bits per heavy atom. The van der Waals surface area contributed by atoms with Gasteiger partial charge in [-0.2, -0.15) is 23.4 Å². The molecule has 0 spiro atoms. The molecule has 0 unspecified atom stereocenters. The van der Waals surface area contributed by atoms with Crippen LogP contribution in [0.4, 0.5) is 47.6 Å². The number of halogens is 7. The van der Waals surface area contributed by atoms with Crippen LogP contribution in [-0.4, -0.2) is 137 Å². The molecule has 28 heteroatoms. The van der Waals surface area contributed by atoms with Gasteiger partial charge in [-0.15, -0.1) is 0 Å². The Morgan fingerprint density at radius 2 is 1.07 bits per heavy atom. The third-order valence-electron chi connectivity index (χ3n) is 22.1. The van der Waals surface area contributed by atoms with E-state index in [1.807, 2.05) is 146 Å². The maximum atomic E-state index is 13.3. The van der Waals surface area contributed by atoms with E-state index < -0.39 is 11.7 Å². The summed E-state index contributed by atoms with van der Waals surface area (Å²) in [6.07, 6.45) is 19.2. The minimum Gasteiger partial charge on any atom is -0.368 e. The lowest BCUT2D eigenvalue weighted by molar-refractivity contribution is -0.846. The first-order chi connectivity index (χ1) is 51.9. The Balaban J connectivity index is 0.000000103. The number of hydrogen-bond donors (Lipinski definition) is 5. The van der Waals surface area contributed by atoms with Crippen LogP contribution in [0.5, 0.6) is 0 Å². The van der Waals surface area contributed by atoms with Gasteiger partial charge in [-0.25, -0.2) is 9.51 Å². The Hall–Kier alpha value is -10.1. The Morgan fingerprint density at radius 1 is 0.574 bits per heavy atom. The maximum absolute atomic E-state index is 13.3. The number of piperazine rings is 1. The molecule has 7 aliphatic rings. The van der Waals surface area contributed by atoms with E-state index >= 15 is 0 Å². The van der Waals surface area contributed by atoms with Crippen LogP contribution in [0.25, 0.3) is 54.5 Å². The van der Waals surface area contributed by atoms with Crippen molar-refractivity contribution in [2.75, 3.05) is 95.3 Å². The van der Waals surface area contributed by atoms with Gasteiger partial charge in [-0.05, 0) is 133 Å². The van der Waals surface area contributed by atoms with Crippen LogP contribution >= 0.6 is 46.4 Å². The number of rotatable bonds is 6. The summed E-state index contributed by atoms with van der Waals surface area (Å²) in [5.74, 6) is 2.24. The van der Waals surface area contributed by atoms with Crippen LogP contribution in [0.15, 0.2) is 157 Å². The number of carbonyl (C=O) groups is 1. The number of anilines is 6. The minimum atomic E-state index is -4.39. The van der Waals surface area contributed by atoms with Crippen molar-refractivity contribution in [3.63, 3.8) is 0 Å². The van der Waals surface area contributed by atoms with Crippen LogP contribution in [0.3, 0.4) is 0 Å². The number of imidazole rings is 1. The molecule has 2 bridgehead atoms. The zero-order valence-corrected chi connectivity index (χ0v) is 64.1. The number of H-pyrrole nitrogens is 5. The zero-order chi connectivity index (χ0) is 75.0. The first kappa shape index (κ1) is 72.1. The molecule has 21 nitrogen and oxygen atoms in total. The summed E-state index contributed by atoms with van der Waals surface area (Å²) in [4.78, 5) is 48.3. The molecule has 5 aromatic carbocycles. The van der Waals surface area contributed by atoms with Gasteiger partial charge in [0.05, 0.1) is 54.3 Å². The molecule has 0 radical (unpaired) electrons. The Labute approximate surface area is 642 Å². The number of amides is 1. The summed E-state index contributed by atoms with van der Waals surface area (Å²) in [5, 5.41) is 17.6. The lowest BCUT2D eigenvalue weighted by Gasteiger charge is -2.37. The number of hydrogen-bond acceptors (Lipinski definition) is 11. The largest absolute Gasteiger partial charge is 0.416 e. The first-order valence-electron chi connectivity index (χ1n) is 36.4. The first-order valence-corrected chi connectivity index (χ1v) is 37.9. The number of nitrogens with zero attached hydrogens (tertiary/aromatic N) is 14. The van der Waals surface area contributed by atoms with Crippen LogP contribution in [0.1, 0.15) is 66.1 Å². The number of likely N-dealkylation sites (N-methyl/N-ethyl adjacent to an activating group) is 1. The molecule has 9 aromatic heterocycles. The molecule has 0 saturated carbocycles. The molecule has 21 rings (SSSR count). The van der Waals surface area contributed by atoms with Gasteiger partial charge in [-0.3, -0.25) is 14.2 Å². The highest BCUT2D eigenvalue weighted by Crippen LogP contribution is 2.43. The van der Waals surface area contributed by atoms with E-state index in [2.05, 4.69) is 126 Å². The average Bonchev–Trinajstić information content (AvgIpc) is 1.52. The van der Waals surface area contributed by atoms with Gasteiger partial charge in [0.2, 0.25) is 23.8 Å². The van der Waals surface area contributed by atoms with Crippen molar-refractivity contribution in [2.45, 2.75) is 76.8 Å². The second-order valence-electron chi connectivity index (χ2n) is 29.7. The van der Waals surface area contributed by atoms with Gasteiger partial charge < -0.3 is 63.8 Å². The van der Waals surface area contributed by atoms with E-state index in [0.717, 1.165) is 168 Å². The van der Waals surface area contributed by atoms with Crippen molar-refractivity contribution < 1.29 is 27.2 Å². The Kier molecular flexibility index (Phi) is 19.4. The SMILES string of the molecule is CN1C(=O)[C@@H]2CC[C@H]1CN(c1cc(Cl)cc3[nH]ccc13)C2.C[n+]1cc2c(o1)CN(c1cc(C(F)(F)F)cc3[nH]ccc13)CC2(C)C.Cn1cc2c(n1)CN(c1cc(Cl)cc3[nH]ccc13)CC2.Cn1ccnc1N1CCN(c2cc(Cl)cc3[nH]ccc23)CC1.Cn1ncc2c1CN(c1cc(Cl)cc3[nH]ccc13)CC2. The number of aromatic nitrogens is 12. The summed E-state index contributed by atoms with van der Waals surface area (Å²) in [6, 6.07) is 29.0. The second kappa shape index (κ2) is 29.1. The van der Waals surface area contributed by atoms with Gasteiger partial charge in [0.25, 0.3) is 0 Å². The molecule has 108 heavy (non-hydrogen) atoms. The molecule has 560 valence electrons. The third-order valence-corrected chi connectivity index (χ3v) is 23.0. The molecule has 5 N–H and O–H groups in total. The second-order valence-corrected chi connectivity index (χ2v) is 31.4. The van der Waals surface area contributed by atoms with Crippen LogP contribution in [-0.2, 0) is 77.1 Å². The van der Waals surface area contributed by atoms with Gasteiger partial charge in [0, 0.05) is 251 Å². The fourth-order valence-corrected chi connectivity index (χ4v) is 17.5. The van der Waals surface area contributed by atoms with Crippen molar-refractivity contribution in [1.29, 1.82) is 0 Å². The topological polar surface area (TPSA) is 189 Å². The third kappa shape index (κ3) is 14.4. The average molecular weight is 1540 g/mol. The fourth-order valence-electron chi connectivity index (χ4n) is 16.7. The van der Waals surface area contributed by atoms with E-state index in [1.54, 1.807) is 10.9 Å². The smallest absolute Gasteiger partial charge is 0.368 e. The molecular weight excluding hydrogens is 1460 g/mol. The number of alkyl halides is 3. The van der Waals surface area contributed by atoms with Gasteiger partial charge >= 0.3 is 6.18 Å². The lowest BCUT2D eigenvalue weighted by atomic mass is 9.81. The quantitative estimate of drug-likeness (QED) is 0.0997. The molecule has 7 aliphatic heterocycles. The van der Waals surface area contributed by atoms with Gasteiger partial charge in [0.15, 0.2) is 7.05 Å². The number of fused-ring (bicyclic) bond motifs is 12. The molecule has 4 fully saturated rings. The number of carbonyl (C=O) groups excluding carboxylic acids is 1. The monoisotopic (exact) mass is 1540 g/mol. The van der Waals surface area contributed by atoms with Gasteiger partial charge in [-0.1, -0.05) is 60.3 Å². The van der Waals surface area contributed by atoms with E-state index in [0.29, 0.717) is 36.2 Å². The molecule has 14 aromatic rings. The van der Waals surface area contributed by atoms with Crippen LogP contribution < -0.4 is 34.1 Å². The van der Waals surface area contributed by atoms with E-state index in [4.69, 9.17) is 50.9 Å². The normalized spacial score (nSPS) is 17.6. The molecule has 2 atom stereocenters. The minimum absolute atomic E-state index is 0.113. The van der Waals surface area contributed by atoms with Crippen molar-refractivity contribution in [2.24, 2.45) is 34.1 Å². The van der Waals surface area contributed by atoms with Crippen molar-refractivity contribution >= 4 is 141 Å². The van der Waals surface area contributed by atoms with Gasteiger partial charge in [0.1, 0.15) is 0 Å². The highest BCUT2D eigenvalue weighted by molar-refractivity contribution is 6.33. The highest BCUT2D eigenvalue weighted by atomic mass is 35.5. The molecule has 16 heterocycles. The van der Waals surface area contributed by atoms with Crippen molar-refractivity contribution in [3.8, 4) is 0 Å². The Bertz CT molecular complexity index is 5630. The van der Waals surface area contributed by atoms with Crippen molar-refractivity contribution in [1.82, 2.24) is 58.9 Å². The zero-order valence-electron chi connectivity index (χ0n) is 61.1. The predicted molar refractivity (Wildman–Crippen MR) is 426 cm³/mol. The van der Waals surface area contributed by atoms with E-state index in [-0.39, 0.29) is 11.3 Å². The summed E-state index contributed by atoms with van der Waals surface area (Å²) in [5.41, 5.74) is 15.5. The molecule has 0 aliphatic carbocycles. The maximum Gasteiger partial charge on any atom is 0.416 e. The summed E-state index contributed by atoms with van der Waals surface area (Å²) < 4.78 is 53.2. The number of nitrogens with one attached hydrogen (secondary N) is 5. The number of aryl methyl sites for hydroxylation is 4. The molecular formula is C80H85Cl4F3N19O2+. The van der Waals surface area contributed by atoms with E-state index in [1.165, 1.54) is 67.2 Å². The summed E-state index contributed by atoms with van der Waals surface area (Å²) in [7, 11) is 9.77. The lowest BCUT2D eigenvalue weighted by Crippen LogP contribution is -2.47. The standard InChI is InChI=1S/C18H19F3N3O.C16H18ClN5.C16H18ClN3O.2C15H15ClN4/c1-17(2)10-24(9-16-13(17)8-23(3)25-16)15-7-11(18(19,20)21)6-14-12(15)4-5-22-14;1-20-5-4-19-16(20)22-8-6-21(7-9-22)15-11-12(17)10-14-13(15)2-3-18-14;1-19-12-3-2-10(16(19)21)8-20(9-12)15-7-11(17)6-14-13(15)4-5-18-14;1-19-8-10-3-5-20(9-14(10)18-19)15-7-11(16)6-13-12(15)2-4-17-13;1-19-15-9-20(5-3-10(15)8-18-19)14-7-11(16)6-13-12(14)2-4-17-13/h4-8,22H,9-10H2,1-3H3;2-5,10-11,18H,6-9H2,1H3;4-7,10,12,18H,2-3,8-9H2,1H3;2*2,4,6-8,17H,3,5,9H2,1H3/q+1;;;;/t;;10-,12+;;/m..1../s1. The molecule has 1 amide bonds. The van der Waals surface area contributed by atoms with Crippen LogP contribution in [0, 0.1) is 5.92 Å². The summed E-state index contributed by atoms with van der Waals surface area (Å²) in [6.45, 7) is 14.5. The van der Waals surface area contributed by atoms with Crippen LogP contribution in [0.2, 0.25) is 20.1 Å². The highest BCUT2D eigenvalue weighted by Gasteiger charge is 2.42. The van der Waals surface area contributed by atoms with E-state index in [9.17, 15) is 18.0 Å². The molecule has 4 saturated heterocycles. The number of piperidine rings is 1. The fraction of sp³-hybridized carbons (Fsp3) is 0.338. The summed E-state index contributed by atoms with van der Waals surface area (Å²) >= 11 is 25.0. The predicted octanol–water partition coefficient (Wildman–Crippen LogP) is 15.9. The number of aromatic amines is 5.